The Balaban J connectivity index is 1.40. The molecule has 1 spiro atoms. The SMILES string of the molecule is Cn1ccc(C(=O)N2CC[C@]3(CCn4ncnc4[C@@H]3NC(=O)C3CCC3)C2)n1. The highest BCUT2D eigenvalue weighted by Gasteiger charge is 2.51. The van der Waals surface area contributed by atoms with Crippen LogP contribution in [0.3, 0.4) is 0 Å². The van der Waals surface area contributed by atoms with Crippen molar-refractivity contribution in [1.82, 2.24) is 34.8 Å². The summed E-state index contributed by atoms with van der Waals surface area (Å²) in [7, 11) is 1.81. The number of nitrogens with zero attached hydrogens (tertiary/aromatic N) is 6. The Hall–Kier alpha value is -2.71. The lowest BCUT2D eigenvalue weighted by Gasteiger charge is -2.41. The molecule has 148 valence electrons. The molecule has 1 saturated carbocycles. The lowest BCUT2D eigenvalue weighted by molar-refractivity contribution is -0.129. The van der Waals surface area contributed by atoms with Gasteiger partial charge in [0.2, 0.25) is 5.91 Å². The topological polar surface area (TPSA) is 97.9 Å². The van der Waals surface area contributed by atoms with E-state index in [4.69, 9.17) is 0 Å². The minimum atomic E-state index is -0.210. The molecule has 4 heterocycles. The first-order valence-corrected chi connectivity index (χ1v) is 10.0. The van der Waals surface area contributed by atoms with E-state index in [0.29, 0.717) is 18.8 Å². The van der Waals surface area contributed by atoms with Gasteiger partial charge in [-0.15, -0.1) is 0 Å². The highest BCUT2D eigenvalue weighted by molar-refractivity contribution is 5.92. The van der Waals surface area contributed by atoms with Gasteiger partial charge in [-0.05, 0) is 31.7 Å². The average Bonchev–Trinajstić information content (AvgIpc) is 3.35. The number of hydrogen-bond acceptors (Lipinski definition) is 5. The standard InChI is InChI=1S/C19H25N7O2/c1-24-8-5-14(23-24)18(28)25-9-6-19(11-25)7-10-26-16(20-12-21-26)15(19)22-17(27)13-3-2-4-13/h5,8,12-13,15H,2-4,6-7,9-11H2,1H3,(H,22,27)/t15-,19-/m0/s1. The molecule has 2 aromatic heterocycles. The van der Waals surface area contributed by atoms with E-state index in [0.717, 1.165) is 44.5 Å². The molecule has 2 amide bonds. The van der Waals surface area contributed by atoms with Gasteiger partial charge in [-0.2, -0.15) is 10.2 Å². The van der Waals surface area contributed by atoms with Gasteiger partial charge in [0.05, 0.1) is 6.04 Å². The van der Waals surface area contributed by atoms with E-state index in [1.807, 2.05) is 16.6 Å². The Kier molecular flexibility index (Phi) is 3.99. The van der Waals surface area contributed by atoms with Gasteiger partial charge in [-0.25, -0.2) is 9.67 Å². The summed E-state index contributed by atoms with van der Waals surface area (Å²) >= 11 is 0. The maximum atomic E-state index is 12.9. The zero-order chi connectivity index (χ0) is 19.3. The summed E-state index contributed by atoms with van der Waals surface area (Å²) < 4.78 is 3.53. The molecule has 2 atom stereocenters. The lowest BCUT2D eigenvalue weighted by atomic mass is 9.73. The number of carbonyl (C=O) groups excluding carboxylic acids is 2. The van der Waals surface area contributed by atoms with Crippen LogP contribution in [-0.4, -0.2) is 54.3 Å². The van der Waals surface area contributed by atoms with E-state index in [2.05, 4.69) is 20.5 Å². The van der Waals surface area contributed by atoms with Crippen molar-refractivity contribution in [3.8, 4) is 0 Å². The van der Waals surface area contributed by atoms with Crippen LogP contribution in [0.1, 0.15) is 54.5 Å². The quantitative estimate of drug-likeness (QED) is 0.849. The number of aromatic nitrogens is 5. The molecule has 1 N–H and O–H groups in total. The number of hydrogen-bond donors (Lipinski definition) is 1. The van der Waals surface area contributed by atoms with E-state index < -0.39 is 0 Å². The summed E-state index contributed by atoms with van der Waals surface area (Å²) in [5.74, 6) is 0.990. The molecule has 28 heavy (non-hydrogen) atoms. The van der Waals surface area contributed by atoms with Gasteiger partial charge in [0, 0.05) is 44.2 Å². The van der Waals surface area contributed by atoms with Crippen LogP contribution in [0.5, 0.6) is 0 Å². The molecule has 2 aromatic rings. The monoisotopic (exact) mass is 383 g/mol. The van der Waals surface area contributed by atoms with Crippen LogP contribution in [0.2, 0.25) is 0 Å². The normalized spacial score (nSPS) is 26.9. The van der Waals surface area contributed by atoms with Crippen LogP contribution in [0.15, 0.2) is 18.6 Å². The number of nitrogens with one attached hydrogen (secondary N) is 1. The van der Waals surface area contributed by atoms with Crippen molar-refractivity contribution in [2.45, 2.75) is 44.7 Å². The van der Waals surface area contributed by atoms with Crippen molar-refractivity contribution in [2.24, 2.45) is 18.4 Å². The number of aryl methyl sites for hydroxylation is 2. The first-order chi connectivity index (χ1) is 13.6. The van der Waals surface area contributed by atoms with Crippen molar-refractivity contribution in [1.29, 1.82) is 0 Å². The lowest BCUT2D eigenvalue weighted by Crippen LogP contribution is -2.49. The first kappa shape index (κ1) is 17.4. The summed E-state index contributed by atoms with van der Waals surface area (Å²) in [5, 5.41) is 11.8. The molecule has 0 radical (unpaired) electrons. The van der Waals surface area contributed by atoms with Gasteiger partial charge in [0.1, 0.15) is 17.8 Å². The van der Waals surface area contributed by atoms with Crippen LogP contribution < -0.4 is 5.32 Å². The fourth-order valence-corrected chi connectivity index (χ4v) is 4.76. The number of carbonyl (C=O) groups is 2. The van der Waals surface area contributed by atoms with Crippen LogP contribution >= 0.6 is 0 Å². The molecule has 2 aliphatic heterocycles. The average molecular weight is 383 g/mol. The minimum Gasteiger partial charge on any atom is -0.345 e. The smallest absolute Gasteiger partial charge is 0.274 e. The van der Waals surface area contributed by atoms with Crippen molar-refractivity contribution in [2.75, 3.05) is 13.1 Å². The summed E-state index contributed by atoms with van der Waals surface area (Å²) in [6, 6.07) is 1.54. The zero-order valence-electron chi connectivity index (χ0n) is 16.0. The second kappa shape index (κ2) is 6.42. The summed E-state index contributed by atoms with van der Waals surface area (Å²) in [4.78, 5) is 32.0. The Labute approximate surface area is 163 Å². The zero-order valence-corrected chi connectivity index (χ0v) is 16.0. The van der Waals surface area contributed by atoms with Crippen LogP contribution in [0.25, 0.3) is 0 Å². The fraction of sp³-hybridized carbons (Fsp3) is 0.632. The molecule has 5 rings (SSSR count). The predicted octanol–water partition coefficient (Wildman–Crippen LogP) is 0.905. The molecule has 0 aromatic carbocycles. The Bertz CT molecular complexity index is 915. The molecule has 9 nitrogen and oxygen atoms in total. The second-order valence-corrected chi connectivity index (χ2v) is 8.37. The molecule has 9 heteroatoms. The van der Waals surface area contributed by atoms with Crippen molar-refractivity contribution in [3.05, 3.63) is 30.1 Å². The largest absolute Gasteiger partial charge is 0.345 e. The number of likely N-dealkylation sites (tertiary alicyclic amines) is 1. The van der Waals surface area contributed by atoms with Gasteiger partial charge in [-0.1, -0.05) is 6.42 Å². The third kappa shape index (κ3) is 2.71. The molecule has 1 aliphatic carbocycles. The van der Waals surface area contributed by atoms with E-state index in [-0.39, 0.29) is 29.2 Å². The second-order valence-electron chi connectivity index (χ2n) is 8.37. The van der Waals surface area contributed by atoms with Gasteiger partial charge in [-0.3, -0.25) is 14.3 Å². The van der Waals surface area contributed by atoms with Crippen molar-refractivity contribution < 1.29 is 9.59 Å². The van der Waals surface area contributed by atoms with Gasteiger partial charge < -0.3 is 10.2 Å². The van der Waals surface area contributed by atoms with Crippen molar-refractivity contribution >= 4 is 11.8 Å². The molecular weight excluding hydrogens is 358 g/mol. The molecule has 0 unspecified atom stereocenters. The maximum Gasteiger partial charge on any atom is 0.274 e. The van der Waals surface area contributed by atoms with Crippen LogP contribution in [0, 0.1) is 11.3 Å². The van der Waals surface area contributed by atoms with Crippen LogP contribution in [-0.2, 0) is 18.4 Å². The molecule has 2 fully saturated rings. The molecule has 3 aliphatic rings. The Morgan fingerprint density at radius 3 is 2.79 bits per heavy atom. The number of rotatable bonds is 3. The summed E-state index contributed by atoms with van der Waals surface area (Å²) in [6.45, 7) is 2.03. The van der Waals surface area contributed by atoms with E-state index in [1.54, 1.807) is 23.3 Å². The van der Waals surface area contributed by atoms with Gasteiger partial charge in [0.15, 0.2) is 0 Å². The van der Waals surface area contributed by atoms with Crippen molar-refractivity contribution in [3.63, 3.8) is 0 Å². The number of fused-ring (bicyclic) bond motifs is 1. The third-order valence-corrected chi connectivity index (χ3v) is 6.71. The Morgan fingerprint density at radius 2 is 2.07 bits per heavy atom. The predicted molar refractivity (Wildman–Crippen MR) is 99.0 cm³/mol. The van der Waals surface area contributed by atoms with Crippen LogP contribution in [0.4, 0.5) is 0 Å². The minimum absolute atomic E-state index is 0.0476. The fourth-order valence-electron chi connectivity index (χ4n) is 4.76. The van der Waals surface area contributed by atoms with E-state index >= 15 is 0 Å². The highest BCUT2D eigenvalue weighted by atomic mass is 16.2. The highest BCUT2D eigenvalue weighted by Crippen LogP contribution is 2.48. The van der Waals surface area contributed by atoms with Gasteiger partial charge >= 0.3 is 0 Å². The number of amides is 2. The summed E-state index contributed by atoms with van der Waals surface area (Å²) in [6.07, 6.45) is 8.09. The van der Waals surface area contributed by atoms with E-state index in [9.17, 15) is 9.59 Å². The summed E-state index contributed by atoms with van der Waals surface area (Å²) in [5.41, 5.74) is 0.265. The maximum absolute atomic E-state index is 12.9. The van der Waals surface area contributed by atoms with Gasteiger partial charge in [0.25, 0.3) is 5.91 Å². The Morgan fingerprint density at radius 1 is 1.25 bits per heavy atom. The molecule has 0 bridgehead atoms. The first-order valence-electron chi connectivity index (χ1n) is 10.0. The molecular formula is C19H25N7O2. The van der Waals surface area contributed by atoms with E-state index in [1.165, 1.54) is 0 Å². The third-order valence-electron chi connectivity index (χ3n) is 6.71. The molecule has 1 saturated heterocycles.